The number of rotatable bonds is 0. The van der Waals surface area contributed by atoms with Gasteiger partial charge in [0.15, 0.2) is 5.43 Å². The second-order valence-electron chi connectivity index (χ2n) is 3.79. The lowest BCUT2D eigenvalue weighted by atomic mass is 10.2. The van der Waals surface area contributed by atoms with Crippen LogP contribution in [0.15, 0.2) is 35.1 Å². The first-order valence-electron chi connectivity index (χ1n) is 5.08. The molecule has 18 heavy (non-hydrogen) atoms. The zero-order valence-corrected chi connectivity index (χ0v) is 11.9. The molecular weight excluding hydrogens is 311 g/mol. The van der Waals surface area contributed by atoms with Gasteiger partial charge in [-0.05, 0) is 18.2 Å². The minimum absolute atomic E-state index is 0.108. The van der Waals surface area contributed by atoms with E-state index in [2.05, 4.69) is 0 Å². The molecule has 3 rings (SSSR count). The Morgan fingerprint density at radius 2 is 1.67 bits per heavy atom. The lowest BCUT2D eigenvalue weighted by molar-refractivity contribution is 1.74. The van der Waals surface area contributed by atoms with Crippen LogP contribution in [0.3, 0.4) is 0 Å². The van der Waals surface area contributed by atoms with Gasteiger partial charge in [-0.25, -0.2) is 0 Å². The Hall–Kier alpha value is -0.800. The summed E-state index contributed by atoms with van der Waals surface area (Å²) in [5.41, 5.74) is -0.108. The van der Waals surface area contributed by atoms with Crippen molar-refractivity contribution in [3.63, 3.8) is 0 Å². The first kappa shape index (κ1) is 12.2. The van der Waals surface area contributed by atoms with Crippen molar-refractivity contribution < 1.29 is 0 Å². The van der Waals surface area contributed by atoms with Crippen molar-refractivity contribution in [1.82, 2.24) is 0 Å². The first-order chi connectivity index (χ1) is 8.59. The van der Waals surface area contributed by atoms with Gasteiger partial charge < -0.3 is 0 Å². The summed E-state index contributed by atoms with van der Waals surface area (Å²) >= 11 is 19.6. The van der Waals surface area contributed by atoms with Crippen LogP contribution in [0, 0.1) is 0 Å². The van der Waals surface area contributed by atoms with Gasteiger partial charge in [-0.15, -0.1) is 11.3 Å². The average molecular weight is 316 g/mol. The maximum absolute atomic E-state index is 12.4. The van der Waals surface area contributed by atoms with Gasteiger partial charge >= 0.3 is 0 Å². The van der Waals surface area contributed by atoms with Gasteiger partial charge in [0.1, 0.15) is 0 Å². The molecule has 0 N–H and O–H groups in total. The Balaban J connectivity index is 2.65. The molecule has 3 aromatic rings. The van der Waals surface area contributed by atoms with Crippen molar-refractivity contribution in [3.8, 4) is 0 Å². The van der Waals surface area contributed by atoms with Crippen molar-refractivity contribution >= 4 is 66.3 Å². The Kier molecular flexibility index (Phi) is 2.99. The van der Waals surface area contributed by atoms with E-state index in [1.165, 1.54) is 11.3 Å². The third kappa shape index (κ3) is 1.72. The maximum Gasteiger partial charge on any atom is 0.197 e. The minimum Gasteiger partial charge on any atom is -0.288 e. The van der Waals surface area contributed by atoms with Crippen LogP contribution in [0.5, 0.6) is 0 Å². The number of hydrogen-bond acceptors (Lipinski definition) is 2. The third-order valence-corrected chi connectivity index (χ3v) is 5.08. The lowest BCUT2D eigenvalue weighted by Crippen LogP contribution is -2.01. The molecule has 0 aliphatic rings. The van der Waals surface area contributed by atoms with E-state index in [1.807, 2.05) is 18.2 Å². The molecule has 0 aliphatic heterocycles. The van der Waals surface area contributed by atoms with Crippen LogP contribution in [-0.2, 0) is 0 Å². The summed E-state index contributed by atoms with van der Waals surface area (Å²) in [6, 6.07) is 9.09. The Bertz CT molecular complexity index is 839. The second kappa shape index (κ2) is 4.39. The molecule has 0 radical (unpaired) electrons. The fourth-order valence-corrected chi connectivity index (χ4v) is 3.80. The number of fused-ring (bicyclic) bond motifs is 2. The Labute approximate surface area is 122 Å². The smallest absolute Gasteiger partial charge is 0.197 e. The van der Waals surface area contributed by atoms with Crippen LogP contribution >= 0.6 is 46.1 Å². The van der Waals surface area contributed by atoms with Gasteiger partial charge in [-0.1, -0.05) is 46.9 Å². The summed E-state index contributed by atoms with van der Waals surface area (Å²) < 4.78 is 1.66. The number of halogens is 3. The molecule has 0 saturated carbocycles. The van der Waals surface area contributed by atoms with Crippen LogP contribution in [-0.4, -0.2) is 0 Å². The topological polar surface area (TPSA) is 17.1 Å². The zero-order valence-electron chi connectivity index (χ0n) is 8.84. The monoisotopic (exact) mass is 314 g/mol. The van der Waals surface area contributed by atoms with E-state index in [0.29, 0.717) is 15.8 Å². The molecule has 1 nitrogen and oxygen atoms in total. The number of benzene rings is 2. The predicted molar refractivity (Wildman–Crippen MR) is 80.6 cm³/mol. The first-order valence-corrected chi connectivity index (χ1v) is 7.03. The van der Waals surface area contributed by atoms with Crippen molar-refractivity contribution in [2.75, 3.05) is 0 Å². The van der Waals surface area contributed by atoms with Gasteiger partial charge in [0.2, 0.25) is 0 Å². The average Bonchev–Trinajstić information content (AvgIpc) is 2.36. The third-order valence-electron chi connectivity index (χ3n) is 2.70. The van der Waals surface area contributed by atoms with Crippen LogP contribution in [0.4, 0.5) is 0 Å². The summed E-state index contributed by atoms with van der Waals surface area (Å²) in [5.74, 6) is 0. The van der Waals surface area contributed by atoms with E-state index < -0.39 is 0 Å². The van der Waals surface area contributed by atoms with Crippen LogP contribution in [0.25, 0.3) is 20.2 Å². The molecule has 0 unspecified atom stereocenters. The van der Waals surface area contributed by atoms with E-state index in [1.54, 1.807) is 12.1 Å². The Morgan fingerprint density at radius 1 is 0.944 bits per heavy atom. The number of hydrogen-bond donors (Lipinski definition) is 0. The summed E-state index contributed by atoms with van der Waals surface area (Å²) in [5, 5.41) is 1.90. The molecule has 1 aromatic heterocycles. The van der Waals surface area contributed by atoms with Gasteiger partial charge in [0.05, 0.1) is 20.5 Å². The van der Waals surface area contributed by atoms with E-state index in [4.69, 9.17) is 34.8 Å². The SMILES string of the molecule is O=c1c2ccccc2sc2cc(Cl)c(Cl)c(Cl)c12. The van der Waals surface area contributed by atoms with E-state index in [9.17, 15) is 4.79 Å². The summed E-state index contributed by atoms with van der Waals surface area (Å²) in [4.78, 5) is 12.4. The fraction of sp³-hybridized carbons (Fsp3) is 0. The molecule has 1 heterocycles. The van der Waals surface area contributed by atoms with Gasteiger partial charge in [-0.3, -0.25) is 4.79 Å². The predicted octanol–water partition coefficient (Wildman–Crippen LogP) is 5.37. The normalized spacial score (nSPS) is 11.3. The van der Waals surface area contributed by atoms with Crippen molar-refractivity contribution in [2.45, 2.75) is 0 Å². The standard InChI is InChI=1S/C13H5Cl3OS/c14-7-5-9-10(12(16)11(7)15)13(17)6-3-1-2-4-8(6)18-9/h1-5H. The highest BCUT2D eigenvalue weighted by atomic mass is 35.5. The van der Waals surface area contributed by atoms with Crippen molar-refractivity contribution in [2.24, 2.45) is 0 Å². The molecule has 0 bridgehead atoms. The zero-order chi connectivity index (χ0) is 12.9. The van der Waals surface area contributed by atoms with Gasteiger partial charge in [0, 0.05) is 14.8 Å². The lowest BCUT2D eigenvalue weighted by Gasteiger charge is -2.05. The molecule has 0 aliphatic carbocycles. The molecule has 2 aromatic carbocycles. The highest BCUT2D eigenvalue weighted by Crippen LogP contribution is 2.38. The van der Waals surface area contributed by atoms with Crippen LogP contribution in [0.1, 0.15) is 0 Å². The molecule has 0 saturated heterocycles. The van der Waals surface area contributed by atoms with Crippen molar-refractivity contribution in [1.29, 1.82) is 0 Å². The summed E-state index contributed by atoms with van der Waals surface area (Å²) in [6.45, 7) is 0. The molecule has 90 valence electrons. The van der Waals surface area contributed by atoms with Crippen LogP contribution < -0.4 is 5.43 Å². The highest BCUT2D eigenvalue weighted by Gasteiger charge is 2.14. The minimum atomic E-state index is -0.108. The van der Waals surface area contributed by atoms with Crippen molar-refractivity contribution in [3.05, 3.63) is 55.6 Å². The second-order valence-corrected chi connectivity index (χ2v) is 6.03. The molecule has 0 fully saturated rings. The largest absolute Gasteiger partial charge is 0.288 e. The quantitative estimate of drug-likeness (QED) is 0.402. The molecule has 0 atom stereocenters. The molecule has 0 amide bonds. The van der Waals surface area contributed by atoms with E-state index in [-0.39, 0.29) is 15.5 Å². The van der Waals surface area contributed by atoms with E-state index in [0.717, 1.165) is 9.40 Å². The summed E-state index contributed by atoms with van der Waals surface area (Å²) in [6.07, 6.45) is 0. The molecule has 5 heteroatoms. The van der Waals surface area contributed by atoms with E-state index >= 15 is 0 Å². The molecule has 0 spiro atoms. The molecular formula is C13H5Cl3OS. The van der Waals surface area contributed by atoms with Gasteiger partial charge in [-0.2, -0.15) is 0 Å². The highest BCUT2D eigenvalue weighted by molar-refractivity contribution is 7.24. The fourth-order valence-electron chi connectivity index (χ4n) is 1.86. The van der Waals surface area contributed by atoms with Crippen LogP contribution in [0.2, 0.25) is 15.1 Å². The summed E-state index contributed by atoms with van der Waals surface area (Å²) in [7, 11) is 0. The Morgan fingerprint density at radius 3 is 2.44 bits per heavy atom. The maximum atomic E-state index is 12.4. The van der Waals surface area contributed by atoms with Gasteiger partial charge in [0.25, 0.3) is 0 Å².